The Balaban J connectivity index is 1.50. The molecule has 1 aliphatic heterocycles. The number of carbonyl (C=O) groups is 2. The van der Waals surface area contributed by atoms with E-state index in [-0.39, 0.29) is 18.4 Å². The maximum absolute atomic E-state index is 12.0. The molecule has 0 fully saturated rings. The van der Waals surface area contributed by atoms with Crippen LogP contribution >= 0.6 is 0 Å². The van der Waals surface area contributed by atoms with Crippen molar-refractivity contribution in [1.82, 2.24) is 5.32 Å². The summed E-state index contributed by atoms with van der Waals surface area (Å²) in [5, 5.41) is 2.77. The molecule has 0 aliphatic carbocycles. The maximum atomic E-state index is 12.0. The number of hydrogen-bond acceptors (Lipinski definition) is 5. The summed E-state index contributed by atoms with van der Waals surface area (Å²) in [6.45, 7) is 5.04. The van der Waals surface area contributed by atoms with Crippen LogP contribution in [-0.2, 0) is 9.59 Å². The minimum Gasteiger partial charge on any atom is -0.486 e. The highest BCUT2D eigenvalue weighted by molar-refractivity contribution is 5.92. The molecule has 1 aliphatic rings. The van der Waals surface area contributed by atoms with E-state index < -0.39 is 0 Å². The number of carbonyl (C=O) groups excluding carboxylic acids is 2. The third-order valence-electron chi connectivity index (χ3n) is 4.27. The predicted octanol–water partition coefficient (Wildman–Crippen LogP) is 2.31. The number of hydrogen-bond donors (Lipinski definition) is 1. The number of anilines is 1. The third kappa shape index (κ3) is 5.16. The van der Waals surface area contributed by atoms with Crippen LogP contribution in [0.2, 0.25) is 0 Å². The summed E-state index contributed by atoms with van der Waals surface area (Å²) < 4.78 is 16.5. The number of nitrogens with one attached hydrogen (secondary N) is 1. The first-order valence-corrected chi connectivity index (χ1v) is 9.17. The number of fused-ring (bicyclic) bond motifs is 1. The van der Waals surface area contributed by atoms with Crippen molar-refractivity contribution >= 4 is 17.5 Å². The van der Waals surface area contributed by atoms with Gasteiger partial charge in [0.05, 0.1) is 0 Å². The van der Waals surface area contributed by atoms with E-state index in [9.17, 15) is 9.59 Å². The van der Waals surface area contributed by atoms with Gasteiger partial charge in [-0.15, -0.1) is 0 Å². The Morgan fingerprint density at radius 1 is 1.07 bits per heavy atom. The van der Waals surface area contributed by atoms with Crippen LogP contribution in [-0.4, -0.2) is 44.7 Å². The second kappa shape index (κ2) is 9.12. The minimum absolute atomic E-state index is 0.0762. The van der Waals surface area contributed by atoms with Gasteiger partial charge in [0, 0.05) is 31.8 Å². The van der Waals surface area contributed by atoms with Crippen molar-refractivity contribution in [2.45, 2.75) is 13.8 Å². The molecule has 0 saturated heterocycles. The number of ether oxygens (including phenoxy) is 3. The zero-order chi connectivity index (χ0) is 19.9. The van der Waals surface area contributed by atoms with Crippen LogP contribution in [0.4, 0.5) is 5.69 Å². The van der Waals surface area contributed by atoms with E-state index in [0.29, 0.717) is 49.2 Å². The van der Waals surface area contributed by atoms with Gasteiger partial charge in [-0.3, -0.25) is 9.59 Å². The topological polar surface area (TPSA) is 77.1 Å². The van der Waals surface area contributed by atoms with Gasteiger partial charge in [-0.05, 0) is 31.2 Å². The molecule has 7 nitrogen and oxygen atoms in total. The van der Waals surface area contributed by atoms with E-state index in [1.54, 1.807) is 23.1 Å². The van der Waals surface area contributed by atoms with Crippen molar-refractivity contribution in [3.63, 3.8) is 0 Å². The Kier molecular flexibility index (Phi) is 6.37. The van der Waals surface area contributed by atoms with Crippen molar-refractivity contribution in [2.75, 3.05) is 37.8 Å². The standard InChI is InChI=1S/C21H24N2O5/c1-15-3-6-18(7-4-15)28-14-21(25)22-9-10-23(16(2)24)17-5-8-19-20(13-17)27-12-11-26-19/h3-8,13H,9-12,14H2,1-2H3,(H,22,25). The lowest BCUT2D eigenvalue weighted by Gasteiger charge is -2.24. The van der Waals surface area contributed by atoms with Crippen molar-refractivity contribution in [1.29, 1.82) is 0 Å². The summed E-state index contributed by atoms with van der Waals surface area (Å²) in [5.41, 5.74) is 1.82. The fourth-order valence-corrected chi connectivity index (χ4v) is 2.81. The Labute approximate surface area is 164 Å². The van der Waals surface area contributed by atoms with Crippen molar-refractivity contribution < 1.29 is 23.8 Å². The summed E-state index contributed by atoms with van der Waals surface area (Å²) >= 11 is 0. The molecule has 0 bridgehead atoms. The Hall–Kier alpha value is -3.22. The second-order valence-electron chi connectivity index (χ2n) is 6.45. The molecule has 2 amide bonds. The van der Waals surface area contributed by atoms with E-state index in [2.05, 4.69) is 5.32 Å². The van der Waals surface area contributed by atoms with E-state index in [1.807, 2.05) is 31.2 Å². The lowest BCUT2D eigenvalue weighted by molar-refractivity contribution is -0.123. The summed E-state index contributed by atoms with van der Waals surface area (Å²) in [4.78, 5) is 25.6. The van der Waals surface area contributed by atoms with Gasteiger partial charge in [-0.1, -0.05) is 17.7 Å². The Morgan fingerprint density at radius 3 is 2.50 bits per heavy atom. The first-order chi connectivity index (χ1) is 13.5. The molecular formula is C21H24N2O5. The Morgan fingerprint density at radius 2 is 1.79 bits per heavy atom. The highest BCUT2D eigenvalue weighted by atomic mass is 16.6. The molecule has 1 N–H and O–H groups in total. The first-order valence-electron chi connectivity index (χ1n) is 9.17. The largest absolute Gasteiger partial charge is 0.486 e. The number of benzene rings is 2. The lowest BCUT2D eigenvalue weighted by Crippen LogP contribution is -2.39. The third-order valence-corrected chi connectivity index (χ3v) is 4.27. The molecule has 0 saturated carbocycles. The molecule has 1 heterocycles. The lowest BCUT2D eigenvalue weighted by atomic mass is 10.2. The zero-order valence-corrected chi connectivity index (χ0v) is 16.1. The van der Waals surface area contributed by atoms with Crippen molar-refractivity contribution in [2.24, 2.45) is 0 Å². The van der Waals surface area contributed by atoms with E-state index in [1.165, 1.54) is 6.92 Å². The molecule has 0 unspecified atom stereocenters. The van der Waals surface area contributed by atoms with Gasteiger partial charge in [0.15, 0.2) is 18.1 Å². The quantitative estimate of drug-likeness (QED) is 0.793. The van der Waals surface area contributed by atoms with Crippen LogP contribution in [0.15, 0.2) is 42.5 Å². The van der Waals surface area contributed by atoms with E-state index in [0.717, 1.165) is 5.56 Å². The van der Waals surface area contributed by atoms with Gasteiger partial charge >= 0.3 is 0 Å². The molecule has 148 valence electrons. The average Bonchev–Trinajstić information content (AvgIpc) is 2.70. The smallest absolute Gasteiger partial charge is 0.258 e. The number of rotatable bonds is 7. The molecule has 7 heteroatoms. The van der Waals surface area contributed by atoms with Gasteiger partial charge in [0.2, 0.25) is 5.91 Å². The molecule has 2 aromatic carbocycles. The second-order valence-corrected chi connectivity index (χ2v) is 6.45. The van der Waals surface area contributed by atoms with Crippen molar-refractivity contribution in [3.8, 4) is 17.2 Å². The summed E-state index contributed by atoms with van der Waals surface area (Å²) in [6.07, 6.45) is 0. The van der Waals surface area contributed by atoms with Crippen LogP contribution in [0.3, 0.4) is 0 Å². The molecule has 0 aromatic heterocycles. The molecule has 3 rings (SSSR count). The number of aryl methyl sites for hydroxylation is 1. The fourth-order valence-electron chi connectivity index (χ4n) is 2.81. The predicted molar refractivity (Wildman–Crippen MR) is 105 cm³/mol. The molecule has 0 radical (unpaired) electrons. The van der Waals surface area contributed by atoms with E-state index >= 15 is 0 Å². The van der Waals surface area contributed by atoms with Gasteiger partial charge in [-0.2, -0.15) is 0 Å². The highest BCUT2D eigenvalue weighted by Crippen LogP contribution is 2.33. The SMILES string of the molecule is CC(=O)N(CCNC(=O)COc1ccc(C)cc1)c1ccc2c(c1)OCCO2. The number of nitrogens with zero attached hydrogens (tertiary/aromatic N) is 1. The van der Waals surface area contributed by atoms with Gasteiger partial charge in [-0.25, -0.2) is 0 Å². The summed E-state index contributed by atoms with van der Waals surface area (Å²) in [6, 6.07) is 12.9. The van der Waals surface area contributed by atoms with Crippen LogP contribution in [0, 0.1) is 6.92 Å². The first kappa shape index (κ1) is 19.5. The van der Waals surface area contributed by atoms with Crippen LogP contribution < -0.4 is 24.4 Å². The van der Waals surface area contributed by atoms with Gasteiger partial charge in [0.1, 0.15) is 19.0 Å². The maximum Gasteiger partial charge on any atom is 0.258 e. The average molecular weight is 384 g/mol. The van der Waals surface area contributed by atoms with Crippen LogP contribution in [0.25, 0.3) is 0 Å². The van der Waals surface area contributed by atoms with Gasteiger partial charge < -0.3 is 24.4 Å². The summed E-state index contributed by atoms with van der Waals surface area (Å²) in [5.74, 6) is 1.56. The molecule has 2 aromatic rings. The molecule has 0 atom stereocenters. The van der Waals surface area contributed by atoms with Crippen LogP contribution in [0.5, 0.6) is 17.2 Å². The van der Waals surface area contributed by atoms with E-state index in [4.69, 9.17) is 14.2 Å². The van der Waals surface area contributed by atoms with Crippen molar-refractivity contribution in [3.05, 3.63) is 48.0 Å². The molecular weight excluding hydrogens is 360 g/mol. The highest BCUT2D eigenvalue weighted by Gasteiger charge is 2.17. The van der Waals surface area contributed by atoms with Crippen LogP contribution in [0.1, 0.15) is 12.5 Å². The minimum atomic E-state index is -0.244. The Bertz CT molecular complexity index is 835. The fraction of sp³-hybridized carbons (Fsp3) is 0.333. The normalized spacial score (nSPS) is 12.2. The number of amides is 2. The summed E-state index contributed by atoms with van der Waals surface area (Å²) in [7, 11) is 0. The molecule has 0 spiro atoms. The molecule has 28 heavy (non-hydrogen) atoms. The van der Waals surface area contributed by atoms with Gasteiger partial charge in [0.25, 0.3) is 5.91 Å². The zero-order valence-electron chi connectivity index (χ0n) is 16.1. The monoisotopic (exact) mass is 384 g/mol.